The minimum absolute atomic E-state index is 0.112. The Labute approximate surface area is 216 Å². The minimum atomic E-state index is -2.90. The molecule has 0 saturated carbocycles. The summed E-state index contributed by atoms with van der Waals surface area (Å²) in [5.74, 6) is -1.57. The number of carbonyl (C=O) groups is 1. The van der Waals surface area contributed by atoms with Gasteiger partial charge in [-0.15, -0.1) is 15.3 Å². The number of hydrogen-bond acceptors (Lipinski definition) is 7. The number of nitrogens with zero attached hydrogens (tertiary/aromatic N) is 6. The Morgan fingerprint density at radius 2 is 1.87 bits per heavy atom. The van der Waals surface area contributed by atoms with Crippen molar-refractivity contribution in [2.75, 3.05) is 6.54 Å². The first kappa shape index (κ1) is 25.4. The molecule has 9 nitrogen and oxygen atoms in total. The molecule has 0 fully saturated rings. The van der Waals surface area contributed by atoms with E-state index in [4.69, 9.17) is 9.15 Å². The molecule has 0 saturated heterocycles. The van der Waals surface area contributed by atoms with Crippen molar-refractivity contribution in [3.8, 4) is 22.7 Å². The van der Waals surface area contributed by atoms with E-state index in [9.17, 15) is 18.0 Å². The number of carbonyl (C=O) groups excluding carboxylic acids is 1. The molecule has 0 atom stereocenters. The average molecular weight is 527 g/mol. The Balaban J connectivity index is 1.27. The number of ether oxygens (including phenoxy) is 1. The van der Waals surface area contributed by atoms with Crippen molar-refractivity contribution in [3.05, 3.63) is 71.0 Å². The highest BCUT2D eigenvalue weighted by molar-refractivity contribution is 5.69. The second-order valence-electron chi connectivity index (χ2n) is 9.99. The Hall–Kier alpha value is -4.22. The summed E-state index contributed by atoms with van der Waals surface area (Å²) in [5, 5.41) is 15.2. The van der Waals surface area contributed by atoms with E-state index < -0.39 is 23.7 Å². The van der Waals surface area contributed by atoms with Gasteiger partial charge in [0.1, 0.15) is 17.1 Å². The summed E-state index contributed by atoms with van der Waals surface area (Å²) in [5.41, 5.74) is 3.63. The van der Waals surface area contributed by atoms with Crippen LogP contribution in [0.1, 0.15) is 49.8 Å². The van der Waals surface area contributed by atoms with Gasteiger partial charge in [0.2, 0.25) is 5.89 Å². The topological polar surface area (TPSA) is 99.2 Å². The van der Waals surface area contributed by atoms with Crippen LogP contribution in [-0.4, -0.2) is 48.3 Å². The first-order chi connectivity index (χ1) is 18.1. The predicted octanol–water partition coefficient (Wildman–Crippen LogP) is 5.41. The van der Waals surface area contributed by atoms with Gasteiger partial charge in [0.15, 0.2) is 0 Å². The quantitative estimate of drug-likeness (QED) is 0.343. The number of rotatable bonds is 5. The molecule has 4 aromatic rings. The van der Waals surface area contributed by atoms with Gasteiger partial charge in [0.05, 0.1) is 12.7 Å². The molecule has 0 aliphatic carbocycles. The van der Waals surface area contributed by atoms with Crippen LogP contribution in [0.15, 0.2) is 47.0 Å². The van der Waals surface area contributed by atoms with Gasteiger partial charge in [-0.25, -0.2) is 13.9 Å². The summed E-state index contributed by atoms with van der Waals surface area (Å²) >= 11 is 0. The minimum Gasteiger partial charge on any atom is -0.444 e. The second kappa shape index (κ2) is 9.92. The molecule has 1 amide bonds. The van der Waals surface area contributed by atoms with Crippen LogP contribution in [0, 0.1) is 5.82 Å². The number of amides is 1. The van der Waals surface area contributed by atoms with Crippen LogP contribution < -0.4 is 0 Å². The number of aromatic nitrogens is 5. The first-order valence-electron chi connectivity index (χ1n) is 12.0. The van der Waals surface area contributed by atoms with Gasteiger partial charge in [-0.3, -0.25) is 0 Å². The fraction of sp³-hybridized carbons (Fsp3) is 0.346. The summed E-state index contributed by atoms with van der Waals surface area (Å²) in [7, 11) is 0. The molecule has 3 heterocycles. The van der Waals surface area contributed by atoms with E-state index >= 15 is 0 Å². The van der Waals surface area contributed by atoms with Crippen molar-refractivity contribution >= 4 is 6.09 Å². The lowest BCUT2D eigenvalue weighted by atomic mass is 9.96. The van der Waals surface area contributed by atoms with E-state index in [1.165, 1.54) is 16.8 Å². The maximum Gasteiger partial charge on any atom is 0.410 e. The van der Waals surface area contributed by atoms with E-state index in [2.05, 4.69) is 20.5 Å². The van der Waals surface area contributed by atoms with E-state index in [0.717, 1.165) is 22.8 Å². The number of halogens is 3. The van der Waals surface area contributed by atoms with Gasteiger partial charge >= 0.3 is 12.5 Å². The first-order valence-corrected chi connectivity index (χ1v) is 12.0. The van der Waals surface area contributed by atoms with Crippen LogP contribution in [0.4, 0.5) is 18.0 Å². The summed E-state index contributed by atoms with van der Waals surface area (Å²) in [6, 6.07) is 10.1. The molecule has 5 rings (SSSR count). The molecule has 2 aromatic carbocycles. The van der Waals surface area contributed by atoms with Crippen LogP contribution in [-0.2, 0) is 24.2 Å². The molecule has 0 radical (unpaired) electrons. The highest BCUT2D eigenvalue weighted by Crippen LogP contribution is 2.27. The van der Waals surface area contributed by atoms with E-state index in [-0.39, 0.29) is 24.1 Å². The third-order valence-electron chi connectivity index (χ3n) is 5.96. The maximum absolute atomic E-state index is 14.7. The molecular formula is C26H25F3N6O3. The fourth-order valence-corrected chi connectivity index (χ4v) is 4.13. The predicted molar refractivity (Wildman–Crippen MR) is 130 cm³/mol. The number of benzene rings is 2. The Morgan fingerprint density at radius 3 is 2.58 bits per heavy atom. The van der Waals surface area contributed by atoms with Crippen LogP contribution in [0.25, 0.3) is 22.7 Å². The van der Waals surface area contributed by atoms with Crippen molar-refractivity contribution in [1.29, 1.82) is 0 Å². The maximum atomic E-state index is 14.7. The Morgan fingerprint density at radius 1 is 1.08 bits per heavy atom. The number of hydrogen-bond donors (Lipinski definition) is 0. The number of alkyl halides is 2. The molecule has 38 heavy (non-hydrogen) atoms. The molecule has 0 spiro atoms. The van der Waals surface area contributed by atoms with E-state index in [1.807, 2.05) is 39.0 Å². The molecule has 1 aliphatic heterocycles. The average Bonchev–Trinajstić information content (AvgIpc) is 3.54. The van der Waals surface area contributed by atoms with Crippen molar-refractivity contribution in [2.24, 2.45) is 0 Å². The molecule has 0 bridgehead atoms. The lowest BCUT2D eigenvalue weighted by Crippen LogP contribution is -2.39. The second-order valence-corrected chi connectivity index (χ2v) is 9.99. The zero-order valence-corrected chi connectivity index (χ0v) is 21.0. The molecule has 1 aliphatic rings. The van der Waals surface area contributed by atoms with Crippen LogP contribution >= 0.6 is 0 Å². The van der Waals surface area contributed by atoms with Gasteiger partial charge < -0.3 is 14.1 Å². The third kappa shape index (κ3) is 5.53. The highest BCUT2D eigenvalue weighted by atomic mass is 19.3. The third-order valence-corrected chi connectivity index (χ3v) is 5.96. The monoisotopic (exact) mass is 526 g/mol. The lowest BCUT2D eigenvalue weighted by molar-refractivity contribution is 0.0224. The molecule has 0 unspecified atom stereocenters. The summed E-state index contributed by atoms with van der Waals surface area (Å²) in [6.07, 6.45) is -0.820. The summed E-state index contributed by atoms with van der Waals surface area (Å²) < 4.78 is 52.0. The fourth-order valence-electron chi connectivity index (χ4n) is 4.13. The van der Waals surface area contributed by atoms with Crippen molar-refractivity contribution in [2.45, 2.75) is 52.3 Å². The molecule has 198 valence electrons. The van der Waals surface area contributed by atoms with Crippen LogP contribution in [0.2, 0.25) is 0 Å². The van der Waals surface area contributed by atoms with E-state index in [0.29, 0.717) is 30.8 Å². The lowest BCUT2D eigenvalue weighted by Gasteiger charge is -2.31. The van der Waals surface area contributed by atoms with Gasteiger partial charge in [-0.05, 0) is 56.5 Å². The summed E-state index contributed by atoms with van der Waals surface area (Å²) in [4.78, 5) is 14.1. The molecule has 0 N–H and O–H groups in total. The Kier molecular flexibility index (Phi) is 6.64. The van der Waals surface area contributed by atoms with Crippen molar-refractivity contribution in [3.63, 3.8) is 0 Å². The SMILES string of the molecule is CC(C)(C)OC(=O)N1CCc2cc(-c3cn(Cc4ccc(-c5nnc(C(F)F)o5)cc4F)nn3)ccc2C1. The van der Waals surface area contributed by atoms with Crippen molar-refractivity contribution in [1.82, 2.24) is 30.1 Å². The largest absolute Gasteiger partial charge is 0.444 e. The highest BCUT2D eigenvalue weighted by Gasteiger charge is 2.26. The van der Waals surface area contributed by atoms with Crippen LogP contribution in [0.5, 0.6) is 0 Å². The molecule has 12 heteroatoms. The van der Waals surface area contributed by atoms with Gasteiger partial charge in [0, 0.05) is 29.8 Å². The summed E-state index contributed by atoms with van der Waals surface area (Å²) in [6.45, 7) is 6.67. The zero-order chi connectivity index (χ0) is 27.0. The molecule has 2 aromatic heterocycles. The van der Waals surface area contributed by atoms with Gasteiger partial charge in [-0.2, -0.15) is 8.78 Å². The smallest absolute Gasteiger partial charge is 0.410 e. The van der Waals surface area contributed by atoms with Gasteiger partial charge in [0.25, 0.3) is 5.89 Å². The normalized spacial score (nSPS) is 13.6. The Bertz CT molecular complexity index is 1480. The van der Waals surface area contributed by atoms with Crippen LogP contribution in [0.3, 0.4) is 0 Å². The number of fused-ring (bicyclic) bond motifs is 1. The van der Waals surface area contributed by atoms with Crippen molar-refractivity contribution < 1.29 is 27.1 Å². The standard InChI is InChI=1S/C26H25F3N6O3/c1-26(2,3)38-25(36)34-9-8-15-10-16(4-6-18(15)12-34)21-14-35(33-30-21)13-19-7-5-17(11-20(19)27)23-31-32-24(37-23)22(28)29/h4-7,10-11,14,22H,8-9,12-13H2,1-3H3. The van der Waals surface area contributed by atoms with E-state index in [1.54, 1.807) is 11.1 Å². The zero-order valence-electron chi connectivity index (χ0n) is 21.0. The van der Waals surface area contributed by atoms with Gasteiger partial charge in [-0.1, -0.05) is 23.4 Å². The molecular weight excluding hydrogens is 501 g/mol.